The first-order valence-corrected chi connectivity index (χ1v) is 9.36. The highest BCUT2D eigenvalue weighted by Crippen LogP contribution is 2.26. The van der Waals surface area contributed by atoms with E-state index in [9.17, 15) is 18.8 Å². The van der Waals surface area contributed by atoms with E-state index in [0.717, 1.165) is 4.90 Å². The summed E-state index contributed by atoms with van der Waals surface area (Å²) in [7, 11) is 0. The molecule has 0 fully saturated rings. The molecule has 2 aromatic rings. The smallest absolute Gasteiger partial charge is 0.262 e. The molecule has 3 rings (SSSR count). The SMILES string of the molecule is CSC[C@H](C(=O)Nc1ccc(F)cc1C)N1C(=O)c2ccccc2C1=O. The van der Waals surface area contributed by atoms with Crippen molar-refractivity contribution < 1.29 is 18.8 Å². The number of nitrogens with one attached hydrogen (secondary N) is 1. The molecule has 0 aliphatic carbocycles. The first kappa shape index (κ1) is 18.1. The molecule has 0 saturated carbocycles. The quantitative estimate of drug-likeness (QED) is 0.819. The minimum Gasteiger partial charge on any atom is -0.324 e. The Morgan fingerprint density at radius 3 is 2.31 bits per heavy atom. The number of hydrogen-bond donors (Lipinski definition) is 1. The predicted octanol–water partition coefficient (Wildman–Crippen LogP) is 3.10. The fourth-order valence-corrected chi connectivity index (χ4v) is 3.52. The lowest BCUT2D eigenvalue weighted by molar-refractivity contribution is -0.119. The van der Waals surface area contributed by atoms with Crippen molar-refractivity contribution in [1.82, 2.24) is 4.90 Å². The Labute approximate surface area is 154 Å². The van der Waals surface area contributed by atoms with Crippen molar-refractivity contribution in [2.75, 3.05) is 17.3 Å². The van der Waals surface area contributed by atoms with Gasteiger partial charge in [0.25, 0.3) is 11.8 Å². The number of benzene rings is 2. The number of thioether (sulfide) groups is 1. The molecular weight excluding hydrogens is 355 g/mol. The van der Waals surface area contributed by atoms with Gasteiger partial charge < -0.3 is 5.32 Å². The fraction of sp³-hybridized carbons (Fsp3) is 0.211. The minimum atomic E-state index is -0.957. The minimum absolute atomic E-state index is 0.261. The average Bonchev–Trinajstić information content (AvgIpc) is 2.87. The Morgan fingerprint density at radius 2 is 1.77 bits per heavy atom. The molecule has 1 heterocycles. The zero-order valence-electron chi connectivity index (χ0n) is 14.3. The Kier molecular flexibility index (Phi) is 5.08. The van der Waals surface area contributed by atoms with Gasteiger partial charge in [0.1, 0.15) is 11.9 Å². The van der Waals surface area contributed by atoms with Crippen LogP contribution in [0.15, 0.2) is 42.5 Å². The van der Waals surface area contributed by atoms with Crippen molar-refractivity contribution in [2.45, 2.75) is 13.0 Å². The molecular formula is C19H17FN2O3S. The van der Waals surface area contributed by atoms with E-state index in [-0.39, 0.29) is 5.75 Å². The summed E-state index contributed by atoms with van der Waals surface area (Å²) in [6.45, 7) is 1.67. The van der Waals surface area contributed by atoms with Crippen molar-refractivity contribution in [1.29, 1.82) is 0 Å². The second-order valence-electron chi connectivity index (χ2n) is 5.95. The van der Waals surface area contributed by atoms with Crippen LogP contribution in [0.4, 0.5) is 10.1 Å². The Hall–Kier alpha value is -2.67. The van der Waals surface area contributed by atoms with Crippen LogP contribution in [0.5, 0.6) is 0 Å². The topological polar surface area (TPSA) is 66.5 Å². The normalized spacial score (nSPS) is 14.3. The second kappa shape index (κ2) is 7.29. The molecule has 2 aromatic carbocycles. The number of carbonyl (C=O) groups is 3. The summed E-state index contributed by atoms with van der Waals surface area (Å²) in [4.78, 5) is 39.1. The van der Waals surface area contributed by atoms with E-state index in [2.05, 4.69) is 5.32 Å². The molecule has 0 bridgehead atoms. The number of carbonyl (C=O) groups excluding carboxylic acids is 3. The number of anilines is 1. The zero-order valence-corrected chi connectivity index (χ0v) is 15.1. The summed E-state index contributed by atoms with van der Waals surface area (Å²) in [6.07, 6.45) is 1.79. The van der Waals surface area contributed by atoms with Gasteiger partial charge in [-0.3, -0.25) is 19.3 Å². The van der Waals surface area contributed by atoms with E-state index in [0.29, 0.717) is 22.4 Å². The van der Waals surface area contributed by atoms with Crippen LogP contribution in [0.2, 0.25) is 0 Å². The molecule has 7 heteroatoms. The largest absolute Gasteiger partial charge is 0.324 e. The van der Waals surface area contributed by atoms with Crippen LogP contribution in [-0.4, -0.2) is 40.7 Å². The lowest BCUT2D eigenvalue weighted by atomic mass is 10.1. The van der Waals surface area contributed by atoms with Gasteiger partial charge >= 0.3 is 0 Å². The summed E-state index contributed by atoms with van der Waals surface area (Å²) in [5, 5.41) is 2.70. The van der Waals surface area contributed by atoms with Crippen LogP contribution in [0.1, 0.15) is 26.3 Å². The van der Waals surface area contributed by atoms with Crippen LogP contribution in [0.25, 0.3) is 0 Å². The number of amides is 3. The summed E-state index contributed by atoms with van der Waals surface area (Å²) >= 11 is 1.36. The molecule has 0 radical (unpaired) electrons. The van der Waals surface area contributed by atoms with Crippen LogP contribution >= 0.6 is 11.8 Å². The number of fused-ring (bicyclic) bond motifs is 1. The third-order valence-electron chi connectivity index (χ3n) is 4.21. The average molecular weight is 372 g/mol. The van der Waals surface area contributed by atoms with Crippen LogP contribution in [-0.2, 0) is 4.79 Å². The van der Waals surface area contributed by atoms with Crippen LogP contribution in [0.3, 0.4) is 0 Å². The first-order chi connectivity index (χ1) is 12.4. The van der Waals surface area contributed by atoms with E-state index in [1.165, 1.54) is 30.0 Å². The van der Waals surface area contributed by atoms with Gasteiger partial charge in [0.15, 0.2) is 0 Å². The monoisotopic (exact) mass is 372 g/mol. The van der Waals surface area contributed by atoms with Gasteiger partial charge in [0.2, 0.25) is 5.91 Å². The number of halogens is 1. The van der Waals surface area contributed by atoms with E-state index in [1.807, 2.05) is 0 Å². The van der Waals surface area contributed by atoms with Crippen molar-refractivity contribution in [3.8, 4) is 0 Å². The third-order valence-corrected chi connectivity index (χ3v) is 4.86. The number of imide groups is 1. The van der Waals surface area contributed by atoms with Gasteiger partial charge in [-0.05, 0) is 49.1 Å². The molecule has 1 N–H and O–H groups in total. The fourth-order valence-electron chi connectivity index (χ4n) is 2.90. The lowest BCUT2D eigenvalue weighted by Crippen LogP contribution is -2.48. The van der Waals surface area contributed by atoms with Gasteiger partial charge in [-0.25, -0.2) is 4.39 Å². The maximum atomic E-state index is 13.3. The molecule has 1 atom stereocenters. The van der Waals surface area contributed by atoms with Gasteiger partial charge in [-0.15, -0.1) is 0 Å². The van der Waals surface area contributed by atoms with E-state index in [1.54, 1.807) is 37.4 Å². The summed E-state index contributed by atoms with van der Waals surface area (Å²) in [5.41, 5.74) is 1.60. The van der Waals surface area contributed by atoms with Crippen LogP contribution < -0.4 is 5.32 Å². The molecule has 5 nitrogen and oxygen atoms in total. The Morgan fingerprint density at radius 1 is 1.15 bits per heavy atom. The molecule has 3 amide bonds. The molecule has 0 saturated heterocycles. The zero-order chi connectivity index (χ0) is 18.8. The molecule has 0 unspecified atom stereocenters. The highest BCUT2D eigenvalue weighted by Gasteiger charge is 2.42. The van der Waals surface area contributed by atoms with E-state index < -0.39 is 29.6 Å². The summed E-state index contributed by atoms with van der Waals surface area (Å²) in [6, 6.07) is 9.57. The number of aryl methyl sites for hydroxylation is 1. The Balaban J connectivity index is 1.89. The van der Waals surface area contributed by atoms with Crippen molar-refractivity contribution in [3.63, 3.8) is 0 Å². The van der Waals surface area contributed by atoms with E-state index >= 15 is 0 Å². The summed E-state index contributed by atoms with van der Waals surface area (Å²) in [5.74, 6) is -1.58. The van der Waals surface area contributed by atoms with E-state index in [4.69, 9.17) is 0 Å². The van der Waals surface area contributed by atoms with Gasteiger partial charge in [0.05, 0.1) is 11.1 Å². The second-order valence-corrected chi connectivity index (χ2v) is 6.86. The van der Waals surface area contributed by atoms with Crippen molar-refractivity contribution in [2.24, 2.45) is 0 Å². The van der Waals surface area contributed by atoms with Gasteiger partial charge in [0, 0.05) is 11.4 Å². The predicted molar refractivity (Wildman–Crippen MR) is 98.9 cm³/mol. The highest BCUT2D eigenvalue weighted by atomic mass is 32.2. The molecule has 0 spiro atoms. The molecule has 134 valence electrons. The third kappa shape index (κ3) is 3.22. The van der Waals surface area contributed by atoms with Gasteiger partial charge in [-0.1, -0.05) is 12.1 Å². The molecule has 26 heavy (non-hydrogen) atoms. The number of rotatable bonds is 5. The van der Waals surface area contributed by atoms with Crippen molar-refractivity contribution in [3.05, 3.63) is 65.0 Å². The summed E-state index contributed by atoms with van der Waals surface area (Å²) < 4.78 is 13.3. The molecule has 1 aliphatic heterocycles. The van der Waals surface area contributed by atoms with Crippen LogP contribution in [0, 0.1) is 12.7 Å². The molecule has 1 aliphatic rings. The standard InChI is InChI=1S/C19H17FN2O3S/c1-11-9-12(20)7-8-15(11)21-17(23)16(10-26-2)22-18(24)13-5-3-4-6-14(13)19(22)25/h3-9,16H,10H2,1-2H3,(H,21,23)/t16-/m1/s1. The maximum absolute atomic E-state index is 13.3. The first-order valence-electron chi connectivity index (χ1n) is 7.97. The maximum Gasteiger partial charge on any atom is 0.262 e. The highest BCUT2D eigenvalue weighted by molar-refractivity contribution is 7.98. The molecule has 0 aromatic heterocycles. The van der Waals surface area contributed by atoms with Gasteiger partial charge in [-0.2, -0.15) is 11.8 Å². The lowest BCUT2D eigenvalue weighted by Gasteiger charge is -2.25. The van der Waals surface area contributed by atoms with Crippen molar-refractivity contribution >= 4 is 35.2 Å². The number of hydrogen-bond acceptors (Lipinski definition) is 4. The Bertz CT molecular complexity index is 865. The number of nitrogens with zero attached hydrogens (tertiary/aromatic N) is 1.